The Morgan fingerprint density at radius 3 is 2.39 bits per heavy atom. The molecule has 0 aromatic heterocycles. The monoisotopic (exact) mass is 250 g/mol. The van der Waals surface area contributed by atoms with Gasteiger partial charge in [-0.05, 0) is 31.9 Å². The van der Waals surface area contributed by atoms with Crippen molar-refractivity contribution in [1.82, 2.24) is 0 Å². The predicted molar refractivity (Wildman–Crippen MR) is 71.0 cm³/mol. The lowest BCUT2D eigenvalue weighted by Crippen LogP contribution is -2.38. The van der Waals surface area contributed by atoms with E-state index in [9.17, 15) is 9.59 Å². The number of ether oxygens (including phenoxy) is 1. The van der Waals surface area contributed by atoms with Crippen LogP contribution in [0.25, 0.3) is 0 Å². The maximum Gasteiger partial charge on any atom is 0.303 e. The number of esters is 1. The summed E-state index contributed by atoms with van der Waals surface area (Å²) in [5, 5.41) is 0. The molecule has 0 saturated carbocycles. The van der Waals surface area contributed by atoms with E-state index >= 15 is 0 Å². The highest BCUT2D eigenvalue weighted by Crippen LogP contribution is 2.36. The molecule has 0 bridgehead atoms. The Hall–Kier alpha value is -1.38. The summed E-state index contributed by atoms with van der Waals surface area (Å²) in [6, 6.07) is 0. The molecule has 0 radical (unpaired) electrons. The van der Waals surface area contributed by atoms with Gasteiger partial charge >= 0.3 is 5.97 Å². The molecular formula is C15H22O3. The minimum atomic E-state index is -0.277. The Labute approximate surface area is 109 Å². The van der Waals surface area contributed by atoms with Crippen molar-refractivity contribution in [1.29, 1.82) is 0 Å². The van der Waals surface area contributed by atoms with Crippen LogP contribution >= 0.6 is 0 Å². The molecule has 4 atom stereocenters. The molecule has 0 amide bonds. The summed E-state index contributed by atoms with van der Waals surface area (Å²) in [5.74, 6) is 0.0797. The molecule has 1 rings (SSSR count). The summed E-state index contributed by atoms with van der Waals surface area (Å²) >= 11 is 0. The normalized spacial score (nSPS) is 32.2. The van der Waals surface area contributed by atoms with E-state index in [0.29, 0.717) is 0 Å². The summed E-state index contributed by atoms with van der Waals surface area (Å²) in [4.78, 5) is 23.1. The zero-order chi connectivity index (χ0) is 13.9. The average Bonchev–Trinajstić information content (AvgIpc) is 2.25. The van der Waals surface area contributed by atoms with Crippen LogP contribution in [0.4, 0.5) is 0 Å². The SMILES string of the molecule is CC=CC(=O)C1C(C)=CC(OC(C)=O)C(C)C1C. The summed E-state index contributed by atoms with van der Waals surface area (Å²) in [6.45, 7) is 9.26. The molecule has 0 aromatic rings. The van der Waals surface area contributed by atoms with Gasteiger partial charge < -0.3 is 4.74 Å². The van der Waals surface area contributed by atoms with Gasteiger partial charge in [-0.15, -0.1) is 0 Å². The molecule has 0 spiro atoms. The first-order chi connectivity index (χ1) is 8.38. The molecule has 1 aliphatic rings. The number of ketones is 1. The Bertz CT molecular complexity index is 393. The zero-order valence-electron chi connectivity index (χ0n) is 11.8. The smallest absolute Gasteiger partial charge is 0.303 e. The van der Waals surface area contributed by atoms with Crippen LogP contribution in [0.3, 0.4) is 0 Å². The first kappa shape index (κ1) is 14.7. The van der Waals surface area contributed by atoms with Crippen LogP contribution in [0.1, 0.15) is 34.6 Å². The second-order valence-corrected chi connectivity index (χ2v) is 5.08. The van der Waals surface area contributed by atoms with Gasteiger partial charge in [-0.25, -0.2) is 0 Å². The average molecular weight is 250 g/mol. The van der Waals surface area contributed by atoms with E-state index in [-0.39, 0.29) is 35.6 Å². The maximum absolute atomic E-state index is 12.1. The molecule has 0 heterocycles. The van der Waals surface area contributed by atoms with E-state index in [1.807, 2.05) is 33.8 Å². The third-order valence-corrected chi connectivity index (χ3v) is 3.73. The topological polar surface area (TPSA) is 43.4 Å². The van der Waals surface area contributed by atoms with Gasteiger partial charge in [-0.1, -0.05) is 25.5 Å². The minimum Gasteiger partial charge on any atom is -0.458 e. The summed E-state index contributed by atoms with van der Waals surface area (Å²) in [6.07, 6.45) is 5.09. The molecule has 0 aromatic carbocycles. The van der Waals surface area contributed by atoms with Gasteiger partial charge in [0.25, 0.3) is 0 Å². The minimum absolute atomic E-state index is 0.0944. The third kappa shape index (κ3) is 3.09. The fourth-order valence-electron chi connectivity index (χ4n) is 2.62. The Morgan fingerprint density at radius 1 is 1.28 bits per heavy atom. The van der Waals surface area contributed by atoms with Crippen LogP contribution in [0.2, 0.25) is 0 Å². The van der Waals surface area contributed by atoms with E-state index in [0.717, 1.165) is 5.57 Å². The highest BCUT2D eigenvalue weighted by molar-refractivity contribution is 5.94. The lowest BCUT2D eigenvalue weighted by molar-refractivity contribution is -0.147. The number of hydrogen-bond acceptors (Lipinski definition) is 3. The Morgan fingerprint density at radius 2 is 1.89 bits per heavy atom. The number of carbonyl (C=O) groups excluding carboxylic acids is 2. The second-order valence-electron chi connectivity index (χ2n) is 5.08. The van der Waals surface area contributed by atoms with Crippen molar-refractivity contribution in [2.75, 3.05) is 0 Å². The number of hydrogen-bond donors (Lipinski definition) is 0. The van der Waals surface area contributed by atoms with Crippen molar-refractivity contribution in [3.05, 3.63) is 23.8 Å². The summed E-state index contributed by atoms with van der Waals surface area (Å²) in [5.41, 5.74) is 0.995. The molecule has 0 aliphatic heterocycles. The largest absolute Gasteiger partial charge is 0.458 e. The van der Waals surface area contributed by atoms with Crippen LogP contribution in [0.15, 0.2) is 23.8 Å². The van der Waals surface area contributed by atoms with E-state index < -0.39 is 0 Å². The highest BCUT2D eigenvalue weighted by atomic mass is 16.5. The molecule has 100 valence electrons. The number of carbonyl (C=O) groups is 2. The molecule has 18 heavy (non-hydrogen) atoms. The van der Waals surface area contributed by atoms with Crippen molar-refractivity contribution in [3.63, 3.8) is 0 Å². The lowest BCUT2D eigenvalue weighted by atomic mass is 9.71. The highest BCUT2D eigenvalue weighted by Gasteiger charge is 2.37. The number of allylic oxidation sites excluding steroid dienone is 3. The van der Waals surface area contributed by atoms with Crippen molar-refractivity contribution in [2.45, 2.75) is 40.7 Å². The summed E-state index contributed by atoms with van der Waals surface area (Å²) in [7, 11) is 0. The maximum atomic E-state index is 12.1. The van der Waals surface area contributed by atoms with Gasteiger partial charge in [-0.3, -0.25) is 9.59 Å². The van der Waals surface area contributed by atoms with Gasteiger partial charge in [0.2, 0.25) is 0 Å². The zero-order valence-corrected chi connectivity index (χ0v) is 11.8. The number of rotatable bonds is 3. The van der Waals surface area contributed by atoms with Gasteiger partial charge in [0.1, 0.15) is 6.10 Å². The Kier molecular flexibility index (Phi) is 4.88. The van der Waals surface area contributed by atoms with Gasteiger partial charge in [0.15, 0.2) is 5.78 Å². The molecule has 1 aliphatic carbocycles. The van der Waals surface area contributed by atoms with Crippen molar-refractivity contribution in [3.8, 4) is 0 Å². The van der Waals surface area contributed by atoms with Crippen LogP contribution in [-0.2, 0) is 14.3 Å². The summed E-state index contributed by atoms with van der Waals surface area (Å²) < 4.78 is 5.29. The van der Waals surface area contributed by atoms with Crippen LogP contribution < -0.4 is 0 Å². The van der Waals surface area contributed by atoms with Gasteiger partial charge in [-0.2, -0.15) is 0 Å². The van der Waals surface area contributed by atoms with Gasteiger partial charge in [0, 0.05) is 18.8 Å². The van der Waals surface area contributed by atoms with E-state index in [4.69, 9.17) is 4.74 Å². The fraction of sp³-hybridized carbons (Fsp3) is 0.600. The van der Waals surface area contributed by atoms with Crippen molar-refractivity contribution in [2.24, 2.45) is 17.8 Å². The van der Waals surface area contributed by atoms with Crippen LogP contribution in [0, 0.1) is 17.8 Å². The molecular weight excluding hydrogens is 228 g/mol. The lowest BCUT2D eigenvalue weighted by Gasteiger charge is -2.36. The first-order valence-corrected chi connectivity index (χ1v) is 6.40. The van der Waals surface area contributed by atoms with Gasteiger partial charge in [0.05, 0.1) is 0 Å². The molecule has 3 heteroatoms. The standard InChI is InChI=1S/C15H22O3/c1-6-7-13(17)15-9(2)8-14(18-12(5)16)10(3)11(15)4/h6-8,10-11,14-15H,1-5H3. The molecule has 0 saturated heterocycles. The van der Waals surface area contributed by atoms with E-state index in [1.54, 1.807) is 12.2 Å². The van der Waals surface area contributed by atoms with Crippen LogP contribution in [0.5, 0.6) is 0 Å². The van der Waals surface area contributed by atoms with E-state index in [1.165, 1.54) is 6.92 Å². The quantitative estimate of drug-likeness (QED) is 0.439. The van der Waals surface area contributed by atoms with Crippen molar-refractivity contribution >= 4 is 11.8 Å². The fourth-order valence-corrected chi connectivity index (χ4v) is 2.62. The van der Waals surface area contributed by atoms with Crippen molar-refractivity contribution < 1.29 is 14.3 Å². The van der Waals surface area contributed by atoms with Crippen LogP contribution in [-0.4, -0.2) is 17.9 Å². The molecule has 4 unspecified atom stereocenters. The third-order valence-electron chi connectivity index (χ3n) is 3.73. The predicted octanol–water partition coefficient (Wildman–Crippen LogP) is 2.91. The molecule has 0 fully saturated rings. The Balaban J connectivity index is 2.99. The first-order valence-electron chi connectivity index (χ1n) is 6.40. The molecule has 3 nitrogen and oxygen atoms in total. The molecule has 0 N–H and O–H groups in total. The second kappa shape index (κ2) is 5.98. The van der Waals surface area contributed by atoms with E-state index in [2.05, 4.69) is 0 Å².